The van der Waals surface area contributed by atoms with Gasteiger partial charge in [0.1, 0.15) is 5.75 Å². The average Bonchev–Trinajstić information content (AvgIpc) is 2.56. The Morgan fingerprint density at radius 1 is 1.21 bits per heavy atom. The minimum absolute atomic E-state index is 0.00569. The van der Waals surface area contributed by atoms with Crippen LogP contribution in [-0.4, -0.2) is 29.3 Å². The third-order valence-corrected chi connectivity index (χ3v) is 3.89. The minimum atomic E-state index is -0.450. The van der Waals surface area contributed by atoms with Gasteiger partial charge in [0.2, 0.25) is 0 Å². The molecular weight excluding hydrogens is 306 g/mol. The van der Waals surface area contributed by atoms with Crippen molar-refractivity contribution < 1.29 is 10.0 Å². The number of hydrogen-bond acceptors (Lipinski definition) is 5. The maximum absolute atomic E-state index is 10.9. The van der Waals surface area contributed by atoms with Gasteiger partial charge < -0.3 is 10.0 Å². The first-order valence-electron chi connectivity index (χ1n) is 7.83. The van der Waals surface area contributed by atoms with E-state index in [1.165, 1.54) is 18.3 Å². The van der Waals surface area contributed by atoms with Gasteiger partial charge in [0.05, 0.1) is 10.6 Å². The fourth-order valence-corrected chi connectivity index (χ4v) is 2.42. The molecule has 126 valence electrons. The van der Waals surface area contributed by atoms with E-state index in [1.807, 2.05) is 13.0 Å². The Kier molecular flexibility index (Phi) is 5.52. The molecule has 0 unspecified atom stereocenters. The Morgan fingerprint density at radius 2 is 1.92 bits per heavy atom. The summed E-state index contributed by atoms with van der Waals surface area (Å²) in [7, 11) is 0. The number of nitrogens with zero attached hydrogens (tertiary/aromatic N) is 3. The van der Waals surface area contributed by atoms with Crippen molar-refractivity contribution in [2.24, 2.45) is 4.99 Å². The first-order valence-corrected chi connectivity index (χ1v) is 7.83. The standard InChI is InChI=1S/C18H21N3O3/c1-4-20(5-2)15-9-7-14(18(22)11-15)12-19-17-10-16(21(23)24)8-6-13(17)3/h6-12,22H,4-5H2,1-3H3. The lowest BCUT2D eigenvalue weighted by Crippen LogP contribution is -2.21. The number of aryl methyl sites for hydroxylation is 1. The molecule has 2 aromatic carbocycles. The van der Waals surface area contributed by atoms with E-state index in [0.717, 1.165) is 24.3 Å². The van der Waals surface area contributed by atoms with Crippen LogP contribution in [0.3, 0.4) is 0 Å². The van der Waals surface area contributed by atoms with Crippen LogP contribution in [-0.2, 0) is 0 Å². The summed E-state index contributed by atoms with van der Waals surface area (Å²) in [6.45, 7) is 7.66. The molecule has 6 heteroatoms. The maximum Gasteiger partial charge on any atom is 0.271 e. The lowest BCUT2D eigenvalue weighted by atomic mass is 10.1. The summed E-state index contributed by atoms with van der Waals surface area (Å²) in [5, 5.41) is 21.1. The molecule has 6 nitrogen and oxygen atoms in total. The highest BCUT2D eigenvalue weighted by Crippen LogP contribution is 2.27. The number of aromatic hydroxyl groups is 1. The van der Waals surface area contributed by atoms with Gasteiger partial charge in [-0.25, -0.2) is 0 Å². The minimum Gasteiger partial charge on any atom is -0.507 e. The number of non-ortho nitro benzene ring substituents is 1. The molecule has 0 heterocycles. The Bertz CT molecular complexity index is 768. The molecule has 2 rings (SSSR count). The largest absolute Gasteiger partial charge is 0.507 e. The van der Waals surface area contributed by atoms with Gasteiger partial charge in [-0.1, -0.05) is 6.07 Å². The molecule has 0 atom stereocenters. The molecule has 0 saturated carbocycles. The van der Waals surface area contributed by atoms with Gasteiger partial charge in [0, 0.05) is 48.8 Å². The summed E-state index contributed by atoms with van der Waals surface area (Å²) >= 11 is 0. The van der Waals surface area contributed by atoms with Crippen LogP contribution in [0.1, 0.15) is 25.0 Å². The van der Waals surface area contributed by atoms with Crippen molar-refractivity contribution in [2.75, 3.05) is 18.0 Å². The molecule has 0 aromatic heterocycles. The van der Waals surface area contributed by atoms with Crippen LogP contribution >= 0.6 is 0 Å². The second-order valence-corrected chi connectivity index (χ2v) is 5.40. The zero-order chi connectivity index (χ0) is 17.7. The Labute approximate surface area is 141 Å². The maximum atomic E-state index is 10.9. The van der Waals surface area contributed by atoms with E-state index >= 15 is 0 Å². The van der Waals surface area contributed by atoms with Crippen LogP contribution in [0.5, 0.6) is 5.75 Å². The van der Waals surface area contributed by atoms with E-state index in [0.29, 0.717) is 11.3 Å². The summed E-state index contributed by atoms with van der Waals surface area (Å²) in [6, 6.07) is 9.95. The van der Waals surface area contributed by atoms with Crippen LogP contribution < -0.4 is 4.90 Å². The quantitative estimate of drug-likeness (QED) is 0.490. The van der Waals surface area contributed by atoms with Gasteiger partial charge in [-0.15, -0.1) is 0 Å². The first kappa shape index (κ1) is 17.5. The summed E-state index contributed by atoms with van der Waals surface area (Å²) < 4.78 is 0. The second kappa shape index (κ2) is 7.59. The third kappa shape index (κ3) is 3.90. The topological polar surface area (TPSA) is 79.0 Å². The van der Waals surface area contributed by atoms with Gasteiger partial charge in [0.25, 0.3) is 5.69 Å². The van der Waals surface area contributed by atoms with Crippen LogP contribution in [0.2, 0.25) is 0 Å². The molecule has 24 heavy (non-hydrogen) atoms. The molecule has 0 radical (unpaired) electrons. The van der Waals surface area contributed by atoms with E-state index in [2.05, 4.69) is 23.7 Å². The molecule has 0 amide bonds. The zero-order valence-corrected chi connectivity index (χ0v) is 14.1. The highest BCUT2D eigenvalue weighted by Gasteiger charge is 2.09. The Morgan fingerprint density at radius 3 is 2.50 bits per heavy atom. The fraction of sp³-hybridized carbons (Fsp3) is 0.278. The van der Waals surface area contributed by atoms with Gasteiger partial charge >= 0.3 is 0 Å². The van der Waals surface area contributed by atoms with E-state index in [1.54, 1.807) is 18.2 Å². The first-order chi connectivity index (χ1) is 11.5. The van der Waals surface area contributed by atoms with E-state index in [-0.39, 0.29) is 11.4 Å². The molecule has 0 aliphatic carbocycles. The molecule has 2 aromatic rings. The summed E-state index contributed by atoms with van der Waals surface area (Å²) in [5.74, 6) is 0.131. The number of hydrogen-bond donors (Lipinski definition) is 1. The highest BCUT2D eigenvalue weighted by molar-refractivity contribution is 5.86. The summed E-state index contributed by atoms with van der Waals surface area (Å²) in [4.78, 5) is 16.8. The van der Waals surface area contributed by atoms with Crippen LogP contribution in [0.15, 0.2) is 41.4 Å². The molecule has 0 aliphatic heterocycles. The van der Waals surface area contributed by atoms with Crippen molar-refractivity contribution >= 4 is 23.3 Å². The zero-order valence-electron chi connectivity index (χ0n) is 14.1. The summed E-state index contributed by atoms with van der Waals surface area (Å²) in [6.07, 6.45) is 1.52. The monoisotopic (exact) mass is 327 g/mol. The molecule has 0 aliphatic rings. The molecule has 0 saturated heterocycles. The van der Waals surface area contributed by atoms with Crippen molar-refractivity contribution in [2.45, 2.75) is 20.8 Å². The normalized spacial score (nSPS) is 11.0. The molecule has 1 N–H and O–H groups in total. The van der Waals surface area contributed by atoms with Gasteiger partial charge in [0.15, 0.2) is 0 Å². The van der Waals surface area contributed by atoms with E-state index < -0.39 is 4.92 Å². The van der Waals surface area contributed by atoms with Crippen LogP contribution in [0.4, 0.5) is 17.1 Å². The number of phenolic OH excluding ortho intramolecular Hbond substituents is 1. The number of nitro groups is 1. The van der Waals surface area contributed by atoms with Gasteiger partial charge in [-0.05, 0) is 38.5 Å². The summed E-state index contributed by atoms with van der Waals surface area (Å²) in [5.41, 5.74) is 2.85. The third-order valence-electron chi connectivity index (χ3n) is 3.89. The van der Waals surface area contributed by atoms with Crippen LogP contribution in [0.25, 0.3) is 0 Å². The number of benzene rings is 2. The lowest BCUT2D eigenvalue weighted by molar-refractivity contribution is -0.384. The molecular formula is C18H21N3O3. The van der Waals surface area contributed by atoms with Crippen molar-refractivity contribution in [3.63, 3.8) is 0 Å². The molecule has 0 bridgehead atoms. The average molecular weight is 327 g/mol. The predicted molar refractivity (Wildman–Crippen MR) is 96.8 cm³/mol. The van der Waals surface area contributed by atoms with Crippen molar-refractivity contribution in [3.05, 3.63) is 57.6 Å². The van der Waals surface area contributed by atoms with E-state index in [9.17, 15) is 15.2 Å². The number of rotatable bonds is 6. The second-order valence-electron chi connectivity index (χ2n) is 5.40. The Hall–Kier alpha value is -2.89. The van der Waals surface area contributed by atoms with Gasteiger partial charge in [-0.2, -0.15) is 0 Å². The van der Waals surface area contributed by atoms with E-state index in [4.69, 9.17) is 0 Å². The number of aliphatic imine (C=N–C) groups is 1. The molecule has 0 fully saturated rings. The number of phenols is 1. The lowest BCUT2D eigenvalue weighted by Gasteiger charge is -2.21. The predicted octanol–water partition coefficient (Wildman–Crippen LogP) is 4.21. The van der Waals surface area contributed by atoms with Crippen molar-refractivity contribution in [1.29, 1.82) is 0 Å². The SMILES string of the molecule is CCN(CC)c1ccc(C=Nc2cc([N+](=O)[O-])ccc2C)c(O)c1. The molecule has 0 spiro atoms. The fourth-order valence-electron chi connectivity index (χ4n) is 2.42. The van der Waals surface area contributed by atoms with Crippen molar-refractivity contribution in [1.82, 2.24) is 0 Å². The highest BCUT2D eigenvalue weighted by atomic mass is 16.6. The smallest absolute Gasteiger partial charge is 0.271 e. The van der Waals surface area contributed by atoms with Crippen LogP contribution in [0, 0.1) is 17.0 Å². The number of nitro benzene ring substituents is 1. The van der Waals surface area contributed by atoms with Crippen molar-refractivity contribution in [3.8, 4) is 5.75 Å². The van der Waals surface area contributed by atoms with Gasteiger partial charge in [-0.3, -0.25) is 15.1 Å². The number of anilines is 1. The Balaban J connectivity index is 2.29.